The zero-order valence-electron chi connectivity index (χ0n) is 14.5. The molecule has 130 valence electrons. The second kappa shape index (κ2) is 7.32. The first-order chi connectivity index (χ1) is 10.7. The summed E-state index contributed by atoms with van der Waals surface area (Å²) in [6.07, 6.45) is 1.91. The van der Waals surface area contributed by atoms with E-state index in [4.69, 9.17) is 5.11 Å². The van der Waals surface area contributed by atoms with Crippen LogP contribution in [-0.4, -0.2) is 50.4 Å². The maximum absolute atomic E-state index is 12.5. The van der Waals surface area contributed by atoms with Crippen LogP contribution in [0.2, 0.25) is 0 Å². The van der Waals surface area contributed by atoms with Gasteiger partial charge in [0.05, 0.1) is 10.6 Å². The fourth-order valence-electron chi connectivity index (χ4n) is 2.92. The van der Waals surface area contributed by atoms with Crippen molar-refractivity contribution in [2.75, 3.05) is 32.0 Å². The molecule has 5 heteroatoms. The molecule has 1 aromatic rings. The van der Waals surface area contributed by atoms with Gasteiger partial charge in [-0.2, -0.15) is 0 Å². The van der Waals surface area contributed by atoms with E-state index in [0.29, 0.717) is 17.4 Å². The van der Waals surface area contributed by atoms with Gasteiger partial charge in [0.1, 0.15) is 0 Å². The fourth-order valence-corrected chi connectivity index (χ4v) is 4.21. The first-order valence-electron chi connectivity index (χ1n) is 8.39. The van der Waals surface area contributed by atoms with E-state index in [1.54, 1.807) is 12.1 Å². The lowest BCUT2D eigenvalue weighted by molar-refractivity contribution is 0.136. The lowest BCUT2D eigenvalue weighted by Gasteiger charge is -2.30. The maximum Gasteiger partial charge on any atom is 0.179 e. The van der Waals surface area contributed by atoms with Crippen LogP contribution >= 0.6 is 0 Å². The Balaban J connectivity index is 1.94. The van der Waals surface area contributed by atoms with E-state index < -0.39 is 9.84 Å². The molecule has 0 atom stereocenters. The van der Waals surface area contributed by atoms with Gasteiger partial charge in [-0.1, -0.05) is 32.9 Å². The van der Waals surface area contributed by atoms with Crippen LogP contribution in [0.5, 0.6) is 0 Å². The average Bonchev–Trinajstić information content (AvgIpc) is 2.53. The summed E-state index contributed by atoms with van der Waals surface area (Å²) in [7, 11) is -3.23. The van der Waals surface area contributed by atoms with Crippen molar-refractivity contribution in [3.63, 3.8) is 0 Å². The zero-order valence-corrected chi connectivity index (χ0v) is 15.3. The van der Waals surface area contributed by atoms with Gasteiger partial charge < -0.3 is 10.0 Å². The molecule has 0 saturated carbocycles. The Kier molecular flexibility index (Phi) is 5.87. The monoisotopic (exact) mass is 339 g/mol. The number of likely N-dealkylation sites (tertiary alicyclic amines) is 1. The third-order valence-electron chi connectivity index (χ3n) is 4.72. The number of hydrogen-bond acceptors (Lipinski definition) is 4. The molecule has 0 unspecified atom stereocenters. The number of sulfone groups is 1. The molecule has 0 aromatic heterocycles. The first kappa shape index (κ1) is 18.4. The minimum absolute atomic E-state index is 0.0271. The second-order valence-electron chi connectivity index (χ2n) is 7.56. The zero-order chi connectivity index (χ0) is 17.1. The number of piperidine rings is 1. The summed E-state index contributed by atoms with van der Waals surface area (Å²) >= 11 is 0. The summed E-state index contributed by atoms with van der Waals surface area (Å²) in [5, 5.41) is 9.15. The van der Waals surface area contributed by atoms with Gasteiger partial charge >= 0.3 is 0 Å². The first-order valence-corrected chi connectivity index (χ1v) is 10.0. The number of hydrogen-bond donors (Lipinski definition) is 1. The van der Waals surface area contributed by atoms with E-state index in [0.717, 1.165) is 31.5 Å². The summed E-state index contributed by atoms with van der Waals surface area (Å²) in [6, 6.07) is 7.29. The van der Waals surface area contributed by atoms with Gasteiger partial charge in [-0.25, -0.2) is 8.42 Å². The molecular weight excluding hydrogens is 310 g/mol. The molecule has 0 bridgehead atoms. The van der Waals surface area contributed by atoms with Crippen LogP contribution in [-0.2, 0) is 15.3 Å². The van der Waals surface area contributed by atoms with Crippen molar-refractivity contribution in [3.05, 3.63) is 29.8 Å². The van der Waals surface area contributed by atoms with Gasteiger partial charge in [0.2, 0.25) is 0 Å². The van der Waals surface area contributed by atoms with Crippen molar-refractivity contribution in [1.29, 1.82) is 0 Å². The largest absolute Gasteiger partial charge is 0.396 e. The minimum Gasteiger partial charge on any atom is -0.396 e. The lowest BCUT2D eigenvalue weighted by Crippen LogP contribution is -2.37. The molecule has 1 N–H and O–H groups in total. The number of aliphatic hydroxyl groups is 1. The van der Waals surface area contributed by atoms with Crippen LogP contribution in [0, 0.1) is 5.92 Å². The Morgan fingerprint density at radius 3 is 2.17 bits per heavy atom. The molecule has 1 aliphatic rings. The molecular formula is C18H29NO3S. The highest BCUT2D eigenvalue weighted by molar-refractivity contribution is 7.91. The van der Waals surface area contributed by atoms with Crippen molar-refractivity contribution in [2.45, 2.75) is 43.9 Å². The molecule has 1 aromatic carbocycles. The number of nitrogens with zero attached hydrogens (tertiary/aromatic N) is 1. The third-order valence-corrected chi connectivity index (χ3v) is 6.43. The van der Waals surface area contributed by atoms with Crippen LogP contribution in [0.3, 0.4) is 0 Å². The van der Waals surface area contributed by atoms with Crippen molar-refractivity contribution in [2.24, 2.45) is 5.92 Å². The smallest absolute Gasteiger partial charge is 0.179 e. The molecule has 1 heterocycles. The average molecular weight is 340 g/mol. The highest BCUT2D eigenvalue weighted by Gasteiger charge is 2.22. The number of rotatable bonds is 5. The molecule has 23 heavy (non-hydrogen) atoms. The van der Waals surface area contributed by atoms with E-state index in [-0.39, 0.29) is 17.8 Å². The third kappa shape index (κ3) is 5.03. The normalized spacial score (nSPS) is 18.3. The summed E-state index contributed by atoms with van der Waals surface area (Å²) in [5.74, 6) is 0.541. The van der Waals surface area contributed by atoms with Crippen molar-refractivity contribution >= 4 is 9.84 Å². The quantitative estimate of drug-likeness (QED) is 0.895. The molecule has 0 aliphatic carbocycles. The fraction of sp³-hybridized carbons (Fsp3) is 0.667. The Bertz CT molecular complexity index is 594. The van der Waals surface area contributed by atoms with Gasteiger partial charge in [0.25, 0.3) is 0 Å². The summed E-state index contributed by atoms with van der Waals surface area (Å²) in [4.78, 5) is 2.60. The molecule has 2 rings (SSSR count). The van der Waals surface area contributed by atoms with Crippen LogP contribution in [0.15, 0.2) is 29.2 Å². The molecule has 1 fully saturated rings. The molecule has 4 nitrogen and oxygen atoms in total. The lowest BCUT2D eigenvalue weighted by atomic mass is 9.87. The Morgan fingerprint density at radius 2 is 1.70 bits per heavy atom. The molecule has 0 amide bonds. The van der Waals surface area contributed by atoms with Gasteiger partial charge in [0.15, 0.2) is 9.84 Å². The maximum atomic E-state index is 12.5. The van der Waals surface area contributed by atoms with Gasteiger partial charge in [-0.3, -0.25) is 0 Å². The van der Waals surface area contributed by atoms with Gasteiger partial charge in [-0.15, -0.1) is 0 Å². The van der Waals surface area contributed by atoms with Crippen molar-refractivity contribution in [1.82, 2.24) is 4.90 Å². The summed E-state index contributed by atoms with van der Waals surface area (Å²) < 4.78 is 25.0. The van der Waals surface area contributed by atoms with Crippen LogP contribution in [0.4, 0.5) is 0 Å². The predicted octanol–water partition coefficient (Wildman–Crippen LogP) is 2.46. The van der Waals surface area contributed by atoms with E-state index in [2.05, 4.69) is 25.7 Å². The van der Waals surface area contributed by atoms with E-state index >= 15 is 0 Å². The molecule has 1 saturated heterocycles. The van der Waals surface area contributed by atoms with Crippen LogP contribution in [0.1, 0.15) is 39.2 Å². The summed E-state index contributed by atoms with van der Waals surface area (Å²) in [6.45, 7) is 8.92. The number of benzene rings is 1. The Labute approximate surface area is 140 Å². The van der Waals surface area contributed by atoms with E-state index in [1.807, 2.05) is 12.1 Å². The molecule has 0 radical (unpaired) electrons. The van der Waals surface area contributed by atoms with Crippen LogP contribution in [0.25, 0.3) is 0 Å². The van der Waals surface area contributed by atoms with Crippen molar-refractivity contribution < 1.29 is 13.5 Å². The topological polar surface area (TPSA) is 57.6 Å². The number of aliphatic hydroxyl groups excluding tert-OH is 1. The van der Waals surface area contributed by atoms with Crippen molar-refractivity contribution in [3.8, 4) is 0 Å². The SMILES string of the molecule is CC(C)(C)c1ccc(S(=O)(=O)CCN2CCC(CO)CC2)cc1. The Morgan fingerprint density at radius 1 is 1.13 bits per heavy atom. The highest BCUT2D eigenvalue weighted by Crippen LogP contribution is 2.24. The highest BCUT2D eigenvalue weighted by atomic mass is 32.2. The summed E-state index contributed by atoms with van der Waals surface area (Å²) in [5.41, 5.74) is 1.17. The molecule has 0 spiro atoms. The minimum atomic E-state index is -3.23. The van der Waals surface area contributed by atoms with Gasteiger partial charge in [-0.05, 0) is 55.0 Å². The molecule has 1 aliphatic heterocycles. The second-order valence-corrected chi connectivity index (χ2v) is 9.67. The van der Waals surface area contributed by atoms with E-state index in [1.165, 1.54) is 0 Å². The van der Waals surface area contributed by atoms with Gasteiger partial charge in [0, 0.05) is 13.2 Å². The Hall–Kier alpha value is -0.910. The van der Waals surface area contributed by atoms with E-state index in [9.17, 15) is 8.42 Å². The van der Waals surface area contributed by atoms with Crippen LogP contribution < -0.4 is 0 Å². The standard InChI is InChI=1S/C18H29NO3S/c1-18(2,3)16-4-6-17(7-5-16)23(21,22)13-12-19-10-8-15(14-20)9-11-19/h4-7,15,20H,8-14H2,1-3H3. The predicted molar refractivity (Wildman–Crippen MR) is 93.4 cm³/mol.